The number of amides is 1. The highest BCUT2D eigenvalue weighted by Crippen LogP contribution is 2.34. The van der Waals surface area contributed by atoms with E-state index < -0.39 is 30.2 Å². The van der Waals surface area contributed by atoms with E-state index in [1.807, 2.05) is 17.5 Å². The zero-order valence-corrected chi connectivity index (χ0v) is 14.8. The molecular formula is C19H14F2N2O3S. The molecule has 1 aliphatic rings. The first-order chi connectivity index (χ1) is 13.1. The predicted octanol–water partition coefficient (Wildman–Crippen LogP) is 4.38. The van der Waals surface area contributed by atoms with Gasteiger partial charge in [-0.2, -0.15) is 5.10 Å². The van der Waals surface area contributed by atoms with Crippen molar-refractivity contribution in [2.24, 2.45) is 5.10 Å². The first kappa shape index (κ1) is 17.4. The van der Waals surface area contributed by atoms with E-state index in [0.717, 1.165) is 22.7 Å². The molecule has 3 aromatic rings. The number of halogens is 2. The van der Waals surface area contributed by atoms with Gasteiger partial charge in [0.25, 0.3) is 5.91 Å². The van der Waals surface area contributed by atoms with Gasteiger partial charge in [0.05, 0.1) is 16.9 Å². The third-order valence-corrected chi connectivity index (χ3v) is 5.01. The van der Waals surface area contributed by atoms with E-state index in [-0.39, 0.29) is 5.75 Å². The Morgan fingerprint density at radius 1 is 1.30 bits per heavy atom. The first-order valence-electron chi connectivity index (χ1n) is 8.16. The van der Waals surface area contributed by atoms with Gasteiger partial charge in [-0.1, -0.05) is 6.07 Å². The topological polar surface area (TPSA) is 55.0 Å². The van der Waals surface area contributed by atoms with Gasteiger partial charge in [0.1, 0.15) is 17.6 Å². The number of benzene rings is 1. The Balaban J connectivity index is 1.53. The van der Waals surface area contributed by atoms with Gasteiger partial charge in [-0.15, -0.1) is 11.3 Å². The Morgan fingerprint density at radius 2 is 2.19 bits per heavy atom. The minimum atomic E-state index is -0.866. The van der Waals surface area contributed by atoms with Crippen LogP contribution in [0.1, 0.15) is 23.1 Å². The van der Waals surface area contributed by atoms with Crippen LogP contribution in [0.25, 0.3) is 0 Å². The van der Waals surface area contributed by atoms with Crippen LogP contribution >= 0.6 is 11.3 Å². The summed E-state index contributed by atoms with van der Waals surface area (Å²) in [4.78, 5) is 13.6. The van der Waals surface area contributed by atoms with Gasteiger partial charge in [-0.05, 0) is 35.7 Å². The van der Waals surface area contributed by atoms with Crippen LogP contribution < -0.4 is 4.74 Å². The average Bonchev–Trinajstić information content (AvgIpc) is 3.40. The Kier molecular flexibility index (Phi) is 4.72. The molecule has 0 radical (unpaired) electrons. The zero-order chi connectivity index (χ0) is 18.8. The summed E-state index contributed by atoms with van der Waals surface area (Å²) in [6.45, 7) is -0.430. The molecule has 0 bridgehead atoms. The number of rotatable bonds is 5. The highest BCUT2D eigenvalue weighted by molar-refractivity contribution is 7.12. The van der Waals surface area contributed by atoms with Crippen LogP contribution in [-0.2, 0) is 4.79 Å². The SMILES string of the molecule is O=C(COc1ccc(F)cc1F)N1N=C(c2cccs2)CC1c1ccco1. The second-order valence-electron chi connectivity index (χ2n) is 5.86. The molecule has 2 aromatic heterocycles. The zero-order valence-electron chi connectivity index (χ0n) is 14.0. The molecule has 138 valence electrons. The van der Waals surface area contributed by atoms with Crippen molar-refractivity contribution in [1.82, 2.24) is 5.01 Å². The van der Waals surface area contributed by atoms with Crippen molar-refractivity contribution in [3.05, 3.63) is 76.4 Å². The Morgan fingerprint density at radius 3 is 2.89 bits per heavy atom. The molecule has 0 aliphatic carbocycles. The number of thiophene rings is 1. The van der Waals surface area contributed by atoms with Crippen LogP contribution in [0.15, 0.2) is 63.6 Å². The fourth-order valence-electron chi connectivity index (χ4n) is 2.83. The molecule has 0 saturated heterocycles. The number of nitrogens with zero attached hydrogens (tertiary/aromatic N) is 2. The van der Waals surface area contributed by atoms with Crippen molar-refractivity contribution in [3.8, 4) is 5.75 Å². The normalized spacial score (nSPS) is 16.4. The standard InChI is InChI=1S/C19H14F2N2O3S/c20-12-5-6-16(13(21)9-12)26-11-19(24)23-15(17-3-1-7-25-17)10-14(22-23)18-4-2-8-27-18/h1-9,15H,10-11H2. The second-order valence-corrected chi connectivity index (χ2v) is 6.81. The number of hydrogen-bond donors (Lipinski definition) is 0. The molecule has 1 amide bonds. The van der Waals surface area contributed by atoms with Crippen molar-refractivity contribution in [3.63, 3.8) is 0 Å². The highest BCUT2D eigenvalue weighted by Gasteiger charge is 2.35. The van der Waals surface area contributed by atoms with Crippen LogP contribution in [0.2, 0.25) is 0 Å². The quantitative estimate of drug-likeness (QED) is 0.652. The van der Waals surface area contributed by atoms with Crippen LogP contribution in [-0.4, -0.2) is 23.2 Å². The summed E-state index contributed by atoms with van der Waals surface area (Å²) in [5, 5.41) is 7.67. The fraction of sp³-hybridized carbons (Fsp3) is 0.158. The molecule has 4 rings (SSSR count). The van der Waals surface area contributed by atoms with Crippen molar-refractivity contribution >= 4 is 23.0 Å². The maximum Gasteiger partial charge on any atom is 0.281 e. The monoisotopic (exact) mass is 388 g/mol. The smallest absolute Gasteiger partial charge is 0.281 e. The van der Waals surface area contributed by atoms with E-state index in [9.17, 15) is 13.6 Å². The van der Waals surface area contributed by atoms with Gasteiger partial charge in [0.2, 0.25) is 0 Å². The summed E-state index contributed by atoms with van der Waals surface area (Å²) in [5.41, 5.74) is 0.771. The number of ether oxygens (including phenoxy) is 1. The van der Waals surface area contributed by atoms with E-state index in [2.05, 4.69) is 5.10 Å². The molecule has 0 spiro atoms. The van der Waals surface area contributed by atoms with Gasteiger partial charge in [-0.3, -0.25) is 4.79 Å². The van der Waals surface area contributed by atoms with Crippen molar-refractivity contribution in [1.29, 1.82) is 0 Å². The maximum absolute atomic E-state index is 13.7. The summed E-state index contributed by atoms with van der Waals surface area (Å²) in [6, 6.07) is 9.88. The number of hydrogen-bond acceptors (Lipinski definition) is 5. The van der Waals surface area contributed by atoms with Gasteiger partial charge in [-0.25, -0.2) is 13.8 Å². The molecule has 5 nitrogen and oxygen atoms in total. The first-order valence-corrected chi connectivity index (χ1v) is 9.04. The summed E-state index contributed by atoms with van der Waals surface area (Å²) < 4.78 is 37.4. The fourth-order valence-corrected chi connectivity index (χ4v) is 3.55. The lowest BCUT2D eigenvalue weighted by molar-refractivity contribution is -0.135. The molecular weight excluding hydrogens is 374 g/mol. The molecule has 8 heteroatoms. The third kappa shape index (κ3) is 3.61. The molecule has 1 aliphatic heterocycles. The Hall–Kier alpha value is -3.00. The van der Waals surface area contributed by atoms with E-state index >= 15 is 0 Å². The van der Waals surface area contributed by atoms with Crippen LogP contribution in [0, 0.1) is 11.6 Å². The number of carbonyl (C=O) groups excluding carboxylic acids is 1. The molecule has 27 heavy (non-hydrogen) atoms. The van der Waals surface area contributed by atoms with Gasteiger partial charge < -0.3 is 9.15 Å². The Labute approximate surface area is 157 Å². The molecule has 1 unspecified atom stereocenters. The lowest BCUT2D eigenvalue weighted by Gasteiger charge is -2.20. The van der Waals surface area contributed by atoms with Crippen molar-refractivity contribution in [2.45, 2.75) is 12.5 Å². The second kappa shape index (κ2) is 7.32. The number of furan rings is 1. The van der Waals surface area contributed by atoms with Crippen LogP contribution in [0.3, 0.4) is 0 Å². The molecule has 0 saturated carbocycles. The van der Waals surface area contributed by atoms with Gasteiger partial charge in [0.15, 0.2) is 18.2 Å². The summed E-state index contributed by atoms with van der Waals surface area (Å²) in [5.74, 6) is -1.62. The van der Waals surface area contributed by atoms with Crippen LogP contribution in [0.4, 0.5) is 8.78 Å². The van der Waals surface area contributed by atoms with Crippen LogP contribution in [0.5, 0.6) is 5.75 Å². The minimum absolute atomic E-state index is 0.194. The van der Waals surface area contributed by atoms with E-state index in [0.29, 0.717) is 18.2 Å². The maximum atomic E-state index is 13.7. The molecule has 0 N–H and O–H groups in total. The average molecular weight is 388 g/mol. The highest BCUT2D eigenvalue weighted by atomic mass is 32.1. The lowest BCUT2D eigenvalue weighted by atomic mass is 10.1. The van der Waals surface area contributed by atoms with Crippen molar-refractivity contribution in [2.75, 3.05) is 6.61 Å². The number of hydrazone groups is 1. The van der Waals surface area contributed by atoms with E-state index in [4.69, 9.17) is 9.15 Å². The third-order valence-electron chi connectivity index (χ3n) is 4.09. The van der Waals surface area contributed by atoms with E-state index in [1.165, 1.54) is 22.6 Å². The largest absolute Gasteiger partial charge is 0.481 e. The summed E-state index contributed by atoms with van der Waals surface area (Å²) in [6.07, 6.45) is 2.04. The molecule has 1 aromatic carbocycles. The molecule has 0 fully saturated rings. The minimum Gasteiger partial charge on any atom is -0.481 e. The number of carbonyl (C=O) groups is 1. The van der Waals surface area contributed by atoms with Crippen molar-refractivity contribution < 1.29 is 22.7 Å². The van der Waals surface area contributed by atoms with E-state index in [1.54, 1.807) is 12.1 Å². The Bertz CT molecular complexity index is 971. The van der Waals surface area contributed by atoms with Gasteiger partial charge in [0, 0.05) is 12.5 Å². The van der Waals surface area contributed by atoms with Gasteiger partial charge >= 0.3 is 0 Å². The predicted molar refractivity (Wildman–Crippen MR) is 95.6 cm³/mol. The lowest BCUT2D eigenvalue weighted by Crippen LogP contribution is -2.31. The summed E-state index contributed by atoms with van der Waals surface area (Å²) in [7, 11) is 0. The summed E-state index contributed by atoms with van der Waals surface area (Å²) >= 11 is 1.53. The molecule has 1 atom stereocenters. The molecule has 3 heterocycles.